The molecule has 2 aromatic rings. The van der Waals surface area contributed by atoms with Crippen LogP contribution in [0.4, 0.5) is 0 Å². The van der Waals surface area contributed by atoms with Gasteiger partial charge in [0, 0.05) is 20.4 Å². The molecule has 0 aliphatic rings. The van der Waals surface area contributed by atoms with Crippen molar-refractivity contribution < 1.29 is 5.11 Å². The number of aliphatic hydroxyl groups is 1. The van der Waals surface area contributed by atoms with Gasteiger partial charge < -0.3 is 5.11 Å². The van der Waals surface area contributed by atoms with Gasteiger partial charge in [0.05, 0.1) is 6.10 Å². The van der Waals surface area contributed by atoms with E-state index in [4.69, 9.17) is 0 Å². The summed E-state index contributed by atoms with van der Waals surface area (Å²) >= 11 is 6.80. The summed E-state index contributed by atoms with van der Waals surface area (Å²) in [6, 6.07) is 5.90. The van der Waals surface area contributed by atoms with Gasteiger partial charge in [-0.05, 0) is 47.5 Å². The van der Waals surface area contributed by atoms with Crippen molar-refractivity contribution in [2.45, 2.75) is 29.2 Å². The summed E-state index contributed by atoms with van der Waals surface area (Å²) in [5.41, 5.74) is 1.96. The monoisotopic (exact) mass is 329 g/mol. The average Bonchev–Trinajstić information content (AvgIpc) is 2.67. The SMILES string of the molecule is Cc1csc(Sc2ccc([C@H](C)O)cc2Br)n1. The van der Waals surface area contributed by atoms with Crippen molar-refractivity contribution in [2.24, 2.45) is 0 Å². The van der Waals surface area contributed by atoms with Crippen molar-refractivity contribution in [3.8, 4) is 0 Å². The van der Waals surface area contributed by atoms with Gasteiger partial charge in [0.15, 0.2) is 4.34 Å². The van der Waals surface area contributed by atoms with Crippen LogP contribution < -0.4 is 0 Å². The third kappa shape index (κ3) is 3.31. The van der Waals surface area contributed by atoms with Crippen molar-refractivity contribution in [1.29, 1.82) is 0 Å². The molecule has 2 nitrogen and oxygen atoms in total. The number of aromatic nitrogens is 1. The van der Waals surface area contributed by atoms with Crippen molar-refractivity contribution >= 4 is 39.0 Å². The second-order valence-electron chi connectivity index (χ2n) is 3.72. The molecule has 1 atom stereocenters. The first-order chi connectivity index (χ1) is 8.06. The number of nitrogens with zero attached hydrogens (tertiary/aromatic N) is 1. The molecular weight excluding hydrogens is 318 g/mol. The molecule has 1 aromatic heterocycles. The Bertz CT molecular complexity index is 525. The quantitative estimate of drug-likeness (QED) is 0.904. The van der Waals surface area contributed by atoms with E-state index >= 15 is 0 Å². The first kappa shape index (κ1) is 13.1. The highest BCUT2D eigenvalue weighted by Gasteiger charge is 2.08. The van der Waals surface area contributed by atoms with E-state index in [0.29, 0.717) is 0 Å². The number of aliphatic hydroxyl groups excluding tert-OH is 1. The van der Waals surface area contributed by atoms with E-state index in [0.717, 1.165) is 25.0 Å². The number of aryl methyl sites for hydroxylation is 1. The molecule has 0 radical (unpaired) electrons. The molecule has 2 rings (SSSR count). The molecule has 0 aliphatic heterocycles. The summed E-state index contributed by atoms with van der Waals surface area (Å²) in [5.74, 6) is 0. The molecule has 1 N–H and O–H groups in total. The van der Waals surface area contributed by atoms with Crippen molar-refractivity contribution in [3.05, 3.63) is 39.3 Å². The fourth-order valence-electron chi connectivity index (χ4n) is 1.33. The first-order valence-electron chi connectivity index (χ1n) is 5.14. The molecule has 17 heavy (non-hydrogen) atoms. The van der Waals surface area contributed by atoms with Gasteiger partial charge in [-0.25, -0.2) is 4.98 Å². The maximum Gasteiger partial charge on any atom is 0.154 e. The molecule has 0 aliphatic carbocycles. The summed E-state index contributed by atoms with van der Waals surface area (Å²) in [6.45, 7) is 3.75. The number of hydrogen-bond acceptors (Lipinski definition) is 4. The van der Waals surface area contributed by atoms with E-state index in [9.17, 15) is 5.11 Å². The molecule has 0 spiro atoms. The van der Waals surface area contributed by atoms with Crippen LogP contribution >= 0.6 is 39.0 Å². The summed E-state index contributed by atoms with van der Waals surface area (Å²) in [4.78, 5) is 5.53. The lowest BCUT2D eigenvalue weighted by Gasteiger charge is -2.07. The number of halogens is 1. The third-order valence-corrected chi connectivity index (χ3v) is 5.28. The zero-order valence-corrected chi connectivity index (χ0v) is 12.7. The number of rotatable bonds is 3. The molecule has 1 aromatic carbocycles. The van der Waals surface area contributed by atoms with Gasteiger partial charge in [-0.15, -0.1) is 11.3 Å². The van der Waals surface area contributed by atoms with Crippen LogP contribution in [0.15, 0.2) is 37.3 Å². The smallest absolute Gasteiger partial charge is 0.154 e. The Morgan fingerprint density at radius 2 is 2.24 bits per heavy atom. The molecule has 0 bridgehead atoms. The highest BCUT2D eigenvalue weighted by molar-refractivity contribution is 9.10. The fourth-order valence-corrected chi connectivity index (χ4v) is 3.77. The van der Waals surface area contributed by atoms with Gasteiger partial charge in [0.1, 0.15) is 0 Å². The molecule has 0 amide bonds. The van der Waals surface area contributed by atoms with E-state index in [2.05, 4.69) is 20.9 Å². The maximum atomic E-state index is 9.49. The van der Waals surface area contributed by atoms with Crippen molar-refractivity contribution in [2.75, 3.05) is 0 Å². The van der Waals surface area contributed by atoms with Crippen LogP contribution in [0.1, 0.15) is 24.3 Å². The zero-order chi connectivity index (χ0) is 12.4. The van der Waals surface area contributed by atoms with E-state index in [-0.39, 0.29) is 0 Å². The highest BCUT2D eigenvalue weighted by Crippen LogP contribution is 2.36. The van der Waals surface area contributed by atoms with Gasteiger partial charge >= 0.3 is 0 Å². The van der Waals surface area contributed by atoms with Crippen LogP contribution in [0.2, 0.25) is 0 Å². The summed E-state index contributed by atoms with van der Waals surface area (Å²) in [7, 11) is 0. The van der Waals surface area contributed by atoms with Gasteiger partial charge in [0.25, 0.3) is 0 Å². The number of thiazole rings is 1. The summed E-state index contributed by atoms with van der Waals surface area (Å²) < 4.78 is 2.03. The minimum absolute atomic E-state index is 0.438. The fraction of sp³-hybridized carbons (Fsp3) is 0.250. The van der Waals surface area contributed by atoms with Crippen LogP contribution in [0.3, 0.4) is 0 Å². The maximum absolute atomic E-state index is 9.49. The topological polar surface area (TPSA) is 33.1 Å². The van der Waals surface area contributed by atoms with Crippen LogP contribution in [0.5, 0.6) is 0 Å². The molecule has 1 heterocycles. The highest BCUT2D eigenvalue weighted by atomic mass is 79.9. The first-order valence-corrected chi connectivity index (χ1v) is 7.62. The molecule has 5 heteroatoms. The molecule has 0 unspecified atom stereocenters. The van der Waals surface area contributed by atoms with Gasteiger partial charge in [0.2, 0.25) is 0 Å². The van der Waals surface area contributed by atoms with E-state index in [1.165, 1.54) is 0 Å². The Balaban J connectivity index is 2.22. The lowest BCUT2D eigenvalue weighted by molar-refractivity contribution is 0.199. The third-order valence-electron chi connectivity index (χ3n) is 2.23. The van der Waals surface area contributed by atoms with Crippen molar-refractivity contribution in [1.82, 2.24) is 4.98 Å². The Morgan fingerprint density at radius 3 is 2.76 bits per heavy atom. The van der Waals surface area contributed by atoms with E-state index in [1.807, 2.05) is 30.5 Å². The molecule has 0 fully saturated rings. The lowest BCUT2D eigenvalue weighted by atomic mass is 10.1. The predicted octanol–water partition coefficient (Wildman–Crippen LogP) is 4.42. The molecule has 0 saturated carbocycles. The standard InChI is InChI=1S/C12H12BrNOS2/c1-7-6-16-12(14-7)17-11-4-3-9(8(2)15)5-10(11)13/h3-6,8,15H,1-2H3/t8-/m0/s1. The van der Waals surface area contributed by atoms with E-state index < -0.39 is 6.10 Å². The van der Waals surface area contributed by atoms with E-state index in [1.54, 1.807) is 30.0 Å². The van der Waals surface area contributed by atoms with Gasteiger partial charge in [-0.3, -0.25) is 0 Å². The Kier molecular flexibility index (Phi) is 4.25. The van der Waals surface area contributed by atoms with Crippen LogP contribution in [-0.4, -0.2) is 10.1 Å². The lowest BCUT2D eigenvalue weighted by Crippen LogP contribution is -1.90. The van der Waals surface area contributed by atoms with Gasteiger partial charge in [-0.1, -0.05) is 17.8 Å². The number of benzene rings is 1. The molecular formula is C12H12BrNOS2. The number of hydrogen-bond donors (Lipinski definition) is 1. The van der Waals surface area contributed by atoms with Gasteiger partial charge in [-0.2, -0.15) is 0 Å². The minimum atomic E-state index is -0.438. The average molecular weight is 330 g/mol. The Labute approximate surface area is 117 Å². The Morgan fingerprint density at radius 1 is 1.47 bits per heavy atom. The summed E-state index contributed by atoms with van der Waals surface area (Å²) in [5, 5.41) is 11.5. The normalized spacial score (nSPS) is 12.7. The van der Waals surface area contributed by atoms with Crippen LogP contribution in [-0.2, 0) is 0 Å². The van der Waals surface area contributed by atoms with Crippen LogP contribution in [0.25, 0.3) is 0 Å². The minimum Gasteiger partial charge on any atom is -0.389 e. The second kappa shape index (κ2) is 5.52. The molecule has 90 valence electrons. The second-order valence-corrected chi connectivity index (χ2v) is 6.72. The van der Waals surface area contributed by atoms with Crippen molar-refractivity contribution in [3.63, 3.8) is 0 Å². The summed E-state index contributed by atoms with van der Waals surface area (Å²) in [6.07, 6.45) is -0.438. The zero-order valence-electron chi connectivity index (χ0n) is 9.48. The largest absolute Gasteiger partial charge is 0.389 e. The molecule has 0 saturated heterocycles. The van der Waals surface area contributed by atoms with Crippen LogP contribution in [0, 0.1) is 6.92 Å². The predicted molar refractivity (Wildman–Crippen MR) is 75.7 cm³/mol. The Hall–Kier alpha value is -0.360.